The SMILES string of the molecule is C=CCn1c(=NC(=O)c2c(OCC)ccc3ccccc23)sc2cc(S(C)(=O)=O)ccc21. The van der Waals surface area contributed by atoms with E-state index in [4.69, 9.17) is 4.74 Å². The van der Waals surface area contributed by atoms with Gasteiger partial charge in [-0.1, -0.05) is 47.7 Å². The van der Waals surface area contributed by atoms with Crippen molar-refractivity contribution in [1.29, 1.82) is 0 Å². The monoisotopic (exact) mass is 466 g/mol. The normalized spacial score (nSPS) is 12.4. The number of rotatable bonds is 6. The molecule has 0 N–H and O–H groups in total. The van der Waals surface area contributed by atoms with Crippen LogP contribution in [-0.4, -0.2) is 31.8 Å². The van der Waals surface area contributed by atoms with Crippen LogP contribution in [0.1, 0.15) is 17.3 Å². The number of nitrogens with zero attached hydrogens (tertiary/aromatic N) is 2. The Morgan fingerprint density at radius 3 is 2.69 bits per heavy atom. The molecule has 0 atom stereocenters. The molecule has 32 heavy (non-hydrogen) atoms. The molecule has 0 radical (unpaired) electrons. The molecule has 6 nitrogen and oxygen atoms in total. The standard InChI is InChI=1S/C24H22N2O4S2/c1-4-14-26-19-12-11-17(32(3,28)29)15-21(19)31-24(26)25-23(27)22-18-9-7-6-8-16(18)10-13-20(22)30-5-2/h4,6-13,15H,1,5,14H2,2-3H3. The Labute approximate surface area is 190 Å². The highest BCUT2D eigenvalue weighted by molar-refractivity contribution is 7.90. The first-order chi connectivity index (χ1) is 15.3. The molecule has 0 spiro atoms. The molecule has 164 valence electrons. The molecule has 0 aliphatic heterocycles. The van der Waals surface area contributed by atoms with Crippen LogP contribution < -0.4 is 9.54 Å². The second-order valence-electron chi connectivity index (χ2n) is 7.20. The first kappa shape index (κ1) is 22.0. The van der Waals surface area contributed by atoms with Crippen LogP contribution in [0.25, 0.3) is 21.0 Å². The lowest BCUT2D eigenvalue weighted by atomic mass is 10.0. The van der Waals surface area contributed by atoms with Crippen LogP contribution in [0, 0.1) is 0 Å². The number of allylic oxidation sites excluding steroid dienone is 1. The minimum atomic E-state index is -3.35. The highest BCUT2D eigenvalue weighted by Gasteiger charge is 2.18. The Bertz CT molecular complexity index is 1530. The number of aromatic nitrogens is 1. The van der Waals surface area contributed by atoms with Gasteiger partial charge in [0.05, 0.1) is 27.3 Å². The maximum absolute atomic E-state index is 13.4. The first-order valence-electron chi connectivity index (χ1n) is 10.0. The number of hydrogen-bond acceptors (Lipinski definition) is 5. The molecule has 1 aromatic heterocycles. The van der Waals surface area contributed by atoms with E-state index in [1.165, 1.54) is 17.6 Å². The fourth-order valence-electron chi connectivity index (χ4n) is 3.57. The highest BCUT2D eigenvalue weighted by Crippen LogP contribution is 2.29. The lowest BCUT2D eigenvalue weighted by molar-refractivity contribution is 0.0996. The molecule has 0 unspecified atom stereocenters. The first-order valence-corrected chi connectivity index (χ1v) is 12.7. The molecule has 3 aromatic carbocycles. The molecule has 0 fully saturated rings. The summed E-state index contributed by atoms with van der Waals surface area (Å²) >= 11 is 1.26. The Kier molecular flexibility index (Phi) is 5.99. The molecule has 1 amide bonds. The number of carbonyl (C=O) groups excluding carboxylic acids is 1. The van der Waals surface area contributed by atoms with Crippen LogP contribution >= 0.6 is 11.3 Å². The average molecular weight is 467 g/mol. The molecule has 0 aliphatic rings. The van der Waals surface area contributed by atoms with E-state index in [2.05, 4.69) is 11.6 Å². The van der Waals surface area contributed by atoms with Gasteiger partial charge in [0.1, 0.15) is 5.75 Å². The lowest BCUT2D eigenvalue weighted by Crippen LogP contribution is -2.16. The van der Waals surface area contributed by atoms with Crippen LogP contribution in [0.15, 0.2) is 77.1 Å². The third-order valence-corrected chi connectivity index (χ3v) is 7.15. The van der Waals surface area contributed by atoms with Crippen molar-refractivity contribution in [1.82, 2.24) is 4.57 Å². The van der Waals surface area contributed by atoms with Gasteiger partial charge < -0.3 is 9.30 Å². The molecule has 0 bridgehead atoms. The molecule has 1 heterocycles. The molecule has 4 rings (SSSR count). The van der Waals surface area contributed by atoms with Gasteiger partial charge >= 0.3 is 0 Å². The van der Waals surface area contributed by atoms with Crippen molar-refractivity contribution < 1.29 is 17.9 Å². The second kappa shape index (κ2) is 8.72. The zero-order valence-electron chi connectivity index (χ0n) is 17.7. The zero-order valence-corrected chi connectivity index (χ0v) is 19.4. The summed E-state index contributed by atoms with van der Waals surface area (Å²) in [5.74, 6) is 0.0636. The number of ether oxygens (including phenoxy) is 1. The van der Waals surface area contributed by atoms with Crippen molar-refractivity contribution in [2.75, 3.05) is 12.9 Å². The summed E-state index contributed by atoms with van der Waals surface area (Å²) in [4.78, 5) is 18.5. The molecule has 8 heteroatoms. The molecular formula is C24H22N2O4S2. The second-order valence-corrected chi connectivity index (χ2v) is 10.2. The summed E-state index contributed by atoms with van der Waals surface area (Å²) in [5.41, 5.74) is 1.20. The average Bonchev–Trinajstić information content (AvgIpc) is 3.09. The van der Waals surface area contributed by atoms with Gasteiger partial charge in [-0.25, -0.2) is 8.42 Å². The topological polar surface area (TPSA) is 77.7 Å². The van der Waals surface area contributed by atoms with Crippen molar-refractivity contribution in [2.45, 2.75) is 18.4 Å². The van der Waals surface area contributed by atoms with E-state index in [0.717, 1.165) is 21.0 Å². The van der Waals surface area contributed by atoms with Gasteiger partial charge in [0.2, 0.25) is 0 Å². The molecule has 4 aromatic rings. The van der Waals surface area contributed by atoms with Crippen molar-refractivity contribution >= 4 is 48.1 Å². The Morgan fingerprint density at radius 1 is 1.19 bits per heavy atom. The van der Waals surface area contributed by atoms with E-state index >= 15 is 0 Å². The molecule has 0 saturated heterocycles. The van der Waals surface area contributed by atoms with E-state index in [1.54, 1.807) is 30.3 Å². The maximum atomic E-state index is 13.4. The fraction of sp³-hybridized carbons (Fsp3) is 0.167. The fourth-order valence-corrected chi connectivity index (χ4v) is 5.36. The maximum Gasteiger partial charge on any atom is 0.284 e. The number of benzene rings is 3. The summed E-state index contributed by atoms with van der Waals surface area (Å²) < 4.78 is 32.2. The number of carbonyl (C=O) groups is 1. The van der Waals surface area contributed by atoms with Crippen LogP contribution in [-0.2, 0) is 16.4 Å². The predicted molar refractivity (Wildman–Crippen MR) is 128 cm³/mol. The molecule has 0 saturated carbocycles. The summed E-state index contributed by atoms with van der Waals surface area (Å²) in [6.07, 6.45) is 2.88. The van der Waals surface area contributed by atoms with Gasteiger partial charge in [0.25, 0.3) is 5.91 Å². The smallest absolute Gasteiger partial charge is 0.284 e. The van der Waals surface area contributed by atoms with E-state index in [1.807, 2.05) is 41.8 Å². The van der Waals surface area contributed by atoms with E-state index in [0.29, 0.717) is 29.3 Å². The minimum Gasteiger partial charge on any atom is -0.493 e. The number of sulfone groups is 1. The lowest BCUT2D eigenvalue weighted by Gasteiger charge is -2.10. The van der Waals surface area contributed by atoms with Gasteiger partial charge in [-0.2, -0.15) is 4.99 Å². The van der Waals surface area contributed by atoms with E-state index < -0.39 is 15.7 Å². The summed E-state index contributed by atoms with van der Waals surface area (Å²) in [7, 11) is -3.35. The third kappa shape index (κ3) is 4.11. The van der Waals surface area contributed by atoms with Gasteiger partial charge in [-0.15, -0.1) is 6.58 Å². The van der Waals surface area contributed by atoms with Crippen molar-refractivity contribution in [3.63, 3.8) is 0 Å². The summed E-state index contributed by atoms with van der Waals surface area (Å²) in [6, 6.07) is 16.2. The largest absolute Gasteiger partial charge is 0.493 e. The van der Waals surface area contributed by atoms with Crippen LogP contribution in [0.2, 0.25) is 0 Å². The van der Waals surface area contributed by atoms with Crippen LogP contribution in [0.4, 0.5) is 0 Å². The van der Waals surface area contributed by atoms with Crippen molar-refractivity contribution in [2.24, 2.45) is 4.99 Å². The Morgan fingerprint density at radius 2 is 1.97 bits per heavy atom. The number of hydrogen-bond donors (Lipinski definition) is 0. The predicted octanol–water partition coefficient (Wildman–Crippen LogP) is 4.59. The quantitative estimate of drug-likeness (QED) is 0.390. The van der Waals surface area contributed by atoms with Gasteiger partial charge in [-0.05, 0) is 42.0 Å². The number of fused-ring (bicyclic) bond motifs is 2. The zero-order chi connectivity index (χ0) is 22.9. The van der Waals surface area contributed by atoms with Crippen molar-refractivity contribution in [3.8, 4) is 5.75 Å². The minimum absolute atomic E-state index is 0.225. The Hall–Kier alpha value is -3.23. The van der Waals surface area contributed by atoms with Crippen molar-refractivity contribution in [3.05, 3.63) is 77.6 Å². The number of amides is 1. The highest BCUT2D eigenvalue weighted by atomic mass is 32.2. The summed E-state index contributed by atoms with van der Waals surface area (Å²) in [6.45, 7) is 6.51. The molecule has 0 aliphatic carbocycles. The Balaban J connectivity index is 1.95. The van der Waals surface area contributed by atoms with E-state index in [-0.39, 0.29) is 4.90 Å². The summed E-state index contributed by atoms with van der Waals surface area (Å²) in [5, 5.41) is 1.69. The van der Waals surface area contributed by atoms with Crippen LogP contribution in [0.3, 0.4) is 0 Å². The van der Waals surface area contributed by atoms with Gasteiger partial charge in [0.15, 0.2) is 14.6 Å². The third-order valence-electron chi connectivity index (χ3n) is 5.00. The molecular weight excluding hydrogens is 444 g/mol. The van der Waals surface area contributed by atoms with Crippen LogP contribution in [0.5, 0.6) is 5.75 Å². The van der Waals surface area contributed by atoms with Gasteiger partial charge in [-0.3, -0.25) is 4.79 Å². The van der Waals surface area contributed by atoms with E-state index in [9.17, 15) is 13.2 Å². The number of thiazole rings is 1. The van der Waals surface area contributed by atoms with Gasteiger partial charge in [0, 0.05) is 12.8 Å².